The molecule has 1 aromatic rings. The molecule has 0 aromatic heterocycles. The number of primary amides is 1. The van der Waals surface area contributed by atoms with Crippen molar-refractivity contribution in [3.8, 4) is 0 Å². The Labute approximate surface area is 152 Å². The number of nitrogens with zero attached hydrogens (tertiary/aromatic N) is 1. The van der Waals surface area contributed by atoms with Gasteiger partial charge in [0.2, 0.25) is 11.8 Å². The maximum absolute atomic E-state index is 11.9. The summed E-state index contributed by atoms with van der Waals surface area (Å²) in [5.74, 6) is -0.752. The first kappa shape index (κ1) is 18.2. The van der Waals surface area contributed by atoms with Crippen molar-refractivity contribution in [1.82, 2.24) is 10.2 Å². The van der Waals surface area contributed by atoms with Crippen LogP contribution in [0.1, 0.15) is 31.2 Å². The number of rotatable bonds is 7. The summed E-state index contributed by atoms with van der Waals surface area (Å²) in [6, 6.07) is 9.16. The lowest BCUT2D eigenvalue weighted by Gasteiger charge is -2.39. The van der Waals surface area contributed by atoms with E-state index in [-0.39, 0.29) is 25.2 Å². The number of ether oxygens (including phenoxy) is 1. The number of hydrogen-bond acceptors (Lipinski definition) is 4. The number of carbonyl (C=O) groups is 2. The van der Waals surface area contributed by atoms with Crippen LogP contribution in [0.4, 0.5) is 0 Å². The average Bonchev–Trinajstić information content (AvgIpc) is 2.78. The molecule has 0 spiro atoms. The summed E-state index contributed by atoms with van der Waals surface area (Å²) in [7, 11) is 0. The second kappa shape index (κ2) is 8.17. The predicted octanol–water partition coefficient (Wildman–Crippen LogP) is 1.45. The molecule has 25 heavy (non-hydrogen) atoms. The van der Waals surface area contributed by atoms with Crippen LogP contribution in [0.5, 0.6) is 0 Å². The van der Waals surface area contributed by atoms with Gasteiger partial charge in [-0.05, 0) is 43.4 Å². The second-order valence-corrected chi connectivity index (χ2v) is 7.32. The Hall–Kier alpha value is -1.63. The second-order valence-electron chi connectivity index (χ2n) is 6.88. The first-order valence-corrected chi connectivity index (χ1v) is 9.04. The minimum Gasteiger partial charge on any atom is -0.368 e. The van der Waals surface area contributed by atoms with Gasteiger partial charge in [0.15, 0.2) is 0 Å². The van der Waals surface area contributed by atoms with E-state index in [9.17, 15) is 9.59 Å². The Morgan fingerprint density at radius 1 is 1.16 bits per heavy atom. The Kier molecular flexibility index (Phi) is 5.93. The smallest absolute Gasteiger partial charge is 0.246 e. The van der Waals surface area contributed by atoms with Crippen LogP contribution in [0, 0.1) is 0 Å². The van der Waals surface area contributed by atoms with Gasteiger partial charge in [-0.3, -0.25) is 14.5 Å². The van der Waals surface area contributed by atoms with Gasteiger partial charge < -0.3 is 15.8 Å². The van der Waals surface area contributed by atoms with Crippen molar-refractivity contribution in [3.05, 3.63) is 34.9 Å². The molecule has 3 rings (SSSR count). The topological polar surface area (TPSA) is 84.7 Å². The summed E-state index contributed by atoms with van der Waals surface area (Å²) in [6.45, 7) is 0.580. The van der Waals surface area contributed by atoms with Gasteiger partial charge in [0.05, 0.1) is 0 Å². The van der Waals surface area contributed by atoms with Crippen LogP contribution in [0.15, 0.2) is 24.3 Å². The van der Waals surface area contributed by atoms with Crippen LogP contribution >= 0.6 is 11.6 Å². The van der Waals surface area contributed by atoms with Gasteiger partial charge in [0.25, 0.3) is 0 Å². The molecule has 2 heterocycles. The van der Waals surface area contributed by atoms with Crippen LogP contribution in [0.2, 0.25) is 5.02 Å². The van der Waals surface area contributed by atoms with Gasteiger partial charge in [-0.2, -0.15) is 0 Å². The van der Waals surface area contributed by atoms with Gasteiger partial charge in [-0.15, -0.1) is 0 Å². The third-order valence-electron chi connectivity index (χ3n) is 5.01. The Balaban J connectivity index is 1.49. The molecule has 1 aromatic carbocycles. The van der Waals surface area contributed by atoms with E-state index in [0.29, 0.717) is 12.1 Å². The number of amides is 2. The highest BCUT2D eigenvalue weighted by Gasteiger charge is 2.40. The van der Waals surface area contributed by atoms with Crippen molar-refractivity contribution in [2.45, 2.75) is 50.4 Å². The zero-order valence-corrected chi connectivity index (χ0v) is 14.9. The molecule has 6 nitrogen and oxygen atoms in total. The van der Waals surface area contributed by atoms with Crippen LogP contribution < -0.4 is 11.1 Å². The fourth-order valence-corrected chi connectivity index (χ4v) is 4.09. The van der Waals surface area contributed by atoms with Crippen molar-refractivity contribution >= 4 is 23.4 Å². The Morgan fingerprint density at radius 2 is 1.80 bits per heavy atom. The number of fused-ring (bicyclic) bond motifs is 2. The molecule has 2 aliphatic rings. The van der Waals surface area contributed by atoms with E-state index in [0.717, 1.165) is 24.4 Å². The molecule has 2 saturated heterocycles. The number of piperidine rings is 1. The SMILES string of the molecule is NC(=O)COCC(=O)N[C@H]1C[C@H]2CC[C@@H](C1)N2Cc1ccc(Cl)cc1. The molecule has 2 bridgehead atoms. The summed E-state index contributed by atoms with van der Waals surface area (Å²) >= 11 is 5.96. The van der Waals surface area contributed by atoms with Crippen molar-refractivity contribution in [2.24, 2.45) is 5.73 Å². The molecular formula is C18H24ClN3O3. The molecule has 3 N–H and O–H groups in total. The van der Waals surface area contributed by atoms with Crippen LogP contribution in [-0.4, -0.2) is 48.1 Å². The summed E-state index contributed by atoms with van der Waals surface area (Å²) in [5.41, 5.74) is 6.25. The highest BCUT2D eigenvalue weighted by molar-refractivity contribution is 6.30. The lowest BCUT2D eigenvalue weighted by Crippen LogP contribution is -2.50. The normalized spacial score (nSPS) is 25.7. The fraction of sp³-hybridized carbons (Fsp3) is 0.556. The largest absolute Gasteiger partial charge is 0.368 e. The van der Waals surface area contributed by atoms with Crippen LogP contribution in [-0.2, 0) is 20.9 Å². The van der Waals surface area contributed by atoms with E-state index in [1.807, 2.05) is 12.1 Å². The van der Waals surface area contributed by atoms with Gasteiger partial charge in [-0.25, -0.2) is 0 Å². The van der Waals surface area contributed by atoms with E-state index >= 15 is 0 Å². The minimum absolute atomic E-state index is 0.122. The molecule has 0 saturated carbocycles. The number of nitrogens with one attached hydrogen (secondary N) is 1. The molecule has 2 amide bonds. The first-order valence-electron chi connectivity index (χ1n) is 8.67. The Morgan fingerprint density at radius 3 is 2.40 bits per heavy atom. The summed E-state index contributed by atoms with van der Waals surface area (Å²) < 4.78 is 4.97. The average molecular weight is 366 g/mol. The van der Waals surface area contributed by atoms with Gasteiger partial charge >= 0.3 is 0 Å². The zero-order valence-electron chi connectivity index (χ0n) is 14.1. The monoisotopic (exact) mass is 365 g/mol. The van der Waals surface area contributed by atoms with E-state index in [4.69, 9.17) is 22.1 Å². The fourth-order valence-electron chi connectivity index (χ4n) is 3.96. The summed E-state index contributed by atoms with van der Waals surface area (Å²) in [4.78, 5) is 25.1. The van der Waals surface area contributed by atoms with Crippen LogP contribution in [0.3, 0.4) is 0 Å². The molecule has 136 valence electrons. The molecule has 2 fully saturated rings. The van der Waals surface area contributed by atoms with E-state index in [1.54, 1.807) is 0 Å². The lowest BCUT2D eigenvalue weighted by molar-refractivity contribution is -0.130. The highest BCUT2D eigenvalue weighted by Crippen LogP contribution is 2.36. The van der Waals surface area contributed by atoms with Crippen LogP contribution in [0.25, 0.3) is 0 Å². The third kappa shape index (κ3) is 4.93. The molecule has 3 atom stereocenters. The van der Waals surface area contributed by atoms with Gasteiger partial charge in [0.1, 0.15) is 13.2 Å². The summed E-state index contributed by atoms with van der Waals surface area (Å²) in [5, 5.41) is 3.78. The molecule has 2 aliphatic heterocycles. The van der Waals surface area contributed by atoms with Crippen molar-refractivity contribution in [3.63, 3.8) is 0 Å². The van der Waals surface area contributed by atoms with Gasteiger partial charge in [-0.1, -0.05) is 23.7 Å². The number of hydrogen-bond donors (Lipinski definition) is 2. The molecule has 0 radical (unpaired) electrons. The minimum atomic E-state index is -0.568. The Bertz CT molecular complexity index is 608. The number of halogens is 1. The summed E-state index contributed by atoms with van der Waals surface area (Å²) in [6.07, 6.45) is 4.24. The van der Waals surface area contributed by atoms with E-state index < -0.39 is 5.91 Å². The highest BCUT2D eigenvalue weighted by atomic mass is 35.5. The molecule has 7 heteroatoms. The van der Waals surface area contributed by atoms with E-state index in [2.05, 4.69) is 22.3 Å². The van der Waals surface area contributed by atoms with Crippen molar-refractivity contribution in [2.75, 3.05) is 13.2 Å². The lowest BCUT2D eigenvalue weighted by atomic mass is 9.96. The van der Waals surface area contributed by atoms with E-state index in [1.165, 1.54) is 18.4 Å². The third-order valence-corrected chi connectivity index (χ3v) is 5.26. The number of benzene rings is 1. The van der Waals surface area contributed by atoms with Crippen molar-refractivity contribution < 1.29 is 14.3 Å². The van der Waals surface area contributed by atoms with Crippen molar-refractivity contribution in [1.29, 1.82) is 0 Å². The quantitative estimate of drug-likeness (QED) is 0.766. The van der Waals surface area contributed by atoms with Gasteiger partial charge in [0, 0.05) is 29.7 Å². The standard InChI is InChI=1S/C18H24ClN3O3/c19-13-3-1-12(2-4-13)9-22-15-5-6-16(22)8-14(7-15)21-18(24)11-25-10-17(20)23/h1-4,14-16H,5-11H2,(H2,20,23)(H,21,24)/t14-,15+,16-. The molecular weight excluding hydrogens is 342 g/mol. The molecule has 0 aliphatic carbocycles. The first-order chi connectivity index (χ1) is 12.0. The number of nitrogens with two attached hydrogens (primary N) is 1. The zero-order chi connectivity index (χ0) is 17.8. The maximum Gasteiger partial charge on any atom is 0.246 e. The number of carbonyl (C=O) groups excluding carboxylic acids is 2. The maximum atomic E-state index is 11.9. The predicted molar refractivity (Wildman–Crippen MR) is 95.0 cm³/mol. The molecule has 0 unspecified atom stereocenters.